The molecule has 1 aliphatic heterocycles. The van der Waals surface area contributed by atoms with Gasteiger partial charge in [0.25, 0.3) is 0 Å². The Bertz CT molecular complexity index is 861. The molecule has 0 bridgehead atoms. The Morgan fingerprint density at radius 3 is 2.68 bits per heavy atom. The Morgan fingerprint density at radius 2 is 2.07 bits per heavy atom. The second-order valence-corrected chi connectivity index (χ2v) is 8.43. The topological polar surface area (TPSA) is 130 Å². The summed E-state index contributed by atoms with van der Waals surface area (Å²) in [4.78, 5) is 22.7. The third-order valence-corrected chi connectivity index (χ3v) is 5.59. The summed E-state index contributed by atoms with van der Waals surface area (Å²) in [5.74, 6) is 0.854. The van der Waals surface area contributed by atoms with Gasteiger partial charge >= 0.3 is 7.82 Å². The van der Waals surface area contributed by atoms with Crippen LogP contribution in [0.2, 0.25) is 0 Å². The first-order chi connectivity index (χ1) is 13.3. The van der Waals surface area contributed by atoms with Crippen LogP contribution >= 0.6 is 7.82 Å². The van der Waals surface area contributed by atoms with Gasteiger partial charge in [0.15, 0.2) is 17.7 Å². The van der Waals surface area contributed by atoms with E-state index in [4.69, 9.17) is 14.0 Å². The van der Waals surface area contributed by atoms with E-state index < -0.39 is 32.4 Å². The van der Waals surface area contributed by atoms with Crippen LogP contribution in [0.25, 0.3) is 11.2 Å². The molecular weight excluding hydrogens is 389 g/mol. The Kier molecular flexibility index (Phi) is 6.33. The summed E-state index contributed by atoms with van der Waals surface area (Å²) in [5.41, 5.74) is 1.13. The SMILES string of the molecule is CNc1ncnc2c1ncn2[C@@H]1O[C@H](CC(C)C)C(OP(=O)(O)OC)C1OC. The molecule has 28 heavy (non-hydrogen) atoms. The lowest BCUT2D eigenvalue weighted by molar-refractivity contribution is -0.0519. The highest BCUT2D eigenvalue weighted by Crippen LogP contribution is 2.49. The number of hydrogen-bond acceptors (Lipinski definition) is 9. The number of anilines is 1. The number of nitrogens with one attached hydrogen (secondary N) is 1. The predicted octanol–water partition coefficient (Wildman–Crippen LogP) is 1.96. The second kappa shape index (κ2) is 8.40. The van der Waals surface area contributed by atoms with E-state index in [0.29, 0.717) is 23.4 Å². The van der Waals surface area contributed by atoms with Crippen molar-refractivity contribution in [1.82, 2.24) is 19.5 Å². The zero-order valence-corrected chi connectivity index (χ0v) is 17.4. The van der Waals surface area contributed by atoms with Gasteiger partial charge in [0.05, 0.1) is 12.4 Å². The summed E-state index contributed by atoms with van der Waals surface area (Å²) in [6.45, 7) is 4.06. The van der Waals surface area contributed by atoms with Crippen molar-refractivity contribution in [2.24, 2.45) is 5.92 Å². The van der Waals surface area contributed by atoms with Crippen molar-refractivity contribution in [3.63, 3.8) is 0 Å². The summed E-state index contributed by atoms with van der Waals surface area (Å²) < 4.78 is 35.6. The molecule has 0 amide bonds. The highest BCUT2D eigenvalue weighted by atomic mass is 31.2. The van der Waals surface area contributed by atoms with E-state index >= 15 is 0 Å². The van der Waals surface area contributed by atoms with E-state index in [1.807, 2.05) is 13.8 Å². The van der Waals surface area contributed by atoms with Crippen LogP contribution < -0.4 is 5.32 Å². The number of hydrogen-bond donors (Lipinski definition) is 2. The summed E-state index contributed by atoms with van der Waals surface area (Å²) in [6.07, 6.45) is 0.999. The predicted molar refractivity (Wildman–Crippen MR) is 101 cm³/mol. The van der Waals surface area contributed by atoms with Gasteiger partial charge in [-0.25, -0.2) is 19.5 Å². The lowest BCUT2D eigenvalue weighted by Gasteiger charge is -2.25. The van der Waals surface area contributed by atoms with Crippen LogP contribution in [0, 0.1) is 5.92 Å². The Morgan fingerprint density at radius 1 is 1.32 bits per heavy atom. The number of nitrogens with zero attached hydrogens (tertiary/aromatic N) is 4. The molecule has 3 unspecified atom stereocenters. The first-order valence-electron chi connectivity index (χ1n) is 8.91. The Labute approximate surface area is 163 Å². The molecule has 2 N–H and O–H groups in total. The van der Waals surface area contributed by atoms with Crippen LogP contribution in [0.5, 0.6) is 0 Å². The molecule has 12 heteroatoms. The van der Waals surface area contributed by atoms with Crippen molar-refractivity contribution < 1.29 is 28.0 Å². The Balaban J connectivity index is 2.00. The summed E-state index contributed by atoms with van der Waals surface area (Å²) in [6, 6.07) is 0. The molecule has 0 aliphatic carbocycles. The quantitative estimate of drug-likeness (QED) is 0.617. The van der Waals surface area contributed by atoms with Gasteiger partial charge in [0, 0.05) is 21.3 Å². The van der Waals surface area contributed by atoms with Crippen LogP contribution in [0.4, 0.5) is 5.82 Å². The van der Waals surface area contributed by atoms with Crippen molar-refractivity contribution in [2.45, 2.75) is 44.8 Å². The molecule has 3 heterocycles. The van der Waals surface area contributed by atoms with Gasteiger partial charge in [-0.15, -0.1) is 0 Å². The molecule has 1 saturated heterocycles. The molecule has 0 radical (unpaired) electrons. The van der Waals surface area contributed by atoms with E-state index in [9.17, 15) is 9.46 Å². The van der Waals surface area contributed by atoms with Gasteiger partial charge in [-0.2, -0.15) is 0 Å². The number of methoxy groups -OCH3 is 1. The molecule has 11 nitrogen and oxygen atoms in total. The third kappa shape index (κ3) is 4.05. The third-order valence-electron chi connectivity index (χ3n) is 4.62. The minimum Gasteiger partial charge on any atom is -0.374 e. The van der Waals surface area contributed by atoms with E-state index in [2.05, 4.69) is 24.8 Å². The number of ether oxygens (including phenoxy) is 2. The summed E-state index contributed by atoms with van der Waals surface area (Å²) in [7, 11) is 0.124. The zero-order chi connectivity index (χ0) is 20.5. The standard InChI is InChI=1S/C16H26N5O6P/c1-9(2)6-10-12(27-28(22,23)25-5)13(24-4)16(26-10)21-8-20-11-14(17-3)18-7-19-15(11)21/h7-10,12-13,16H,6H2,1-5H3,(H,22,23)(H,17,18,19)/t10-,12?,13?,16-/m1/s1. The fraction of sp³-hybridized carbons (Fsp3) is 0.688. The largest absolute Gasteiger partial charge is 0.472 e. The average Bonchev–Trinajstić information content (AvgIpc) is 3.22. The lowest BCUT2D eigenvalue weighted by Crippen LogP contribution is -2.36. The maximum Gasteiger partial charge on any atom is 0.472 e. The van der Waals surface area contributed by atoms with Gasteiger partial charge in [-0.1, -0.05) is 13.8 Å². The van der Waals surface area contributed by atoms with Gasteiger partial charge in [0.1, 0.15) is 24.1 Å². The average molecular weight is 415 g/mol. The molecule has 2 aromatic rings. The van der Waals surface area contributed by atoms with Crippen molar-refractivity contribution in [3.8, 4) is 0 Å². The fourth-order valence-corrected chi connectivity index (χ4v) is 4.03. The van der Waals surface area contributed by atoms with Crippen LogP contribution in [-0.2, 0) is 23.1 Å². The minimum absolute atomic E-state index is 0.269. The minimum atomic E-state index is -4.24. The first-order valence-corrected chi connectivity index (χ1v) is 10.4. The number of imidazole rings is 1. The van der Waals surface area contributed by atoms with Gasteiger partial charge < -0.3 is 19.7 Å². The lowest BCUT2D eigenvalue weighted by atomic mass is 10.0. The highest BCUT2D eigenvalue weighted by Gasteiger charge is 2.50. The number of phosphoric ester groups is 1. The van der Waals surface area contributed by atoms with Gasteiger partial charge in [-0.05, 0) is 12.3 Å². The maximum absolute atomic E-state index is 12.1. The Hall–Kier alpha value is -1.62. The summed E-state index contributed by atoms with van der Waals surface area (Å²) in [5, 5.41) is 2.97. The molecule has 0 saturated carbocycles. The number of rotatable bonds is 8. The van der Waals surface area contributed by atoms with Gasteiger partial charge in [0.2, 0.25) is 0 Å². The van der Waals surface area contributed by atoms with Crippen molar-refractivity contribution in [2.75, 3.05) is 26.6 Å². The number of phosphoric acid groups is 1. The fourth-order valence-electron chi connectivity index (χ4n) is 3.38. The number of fused-ring (bicyclic) bond motifs is 1. The molecule has 0 spiro atoms. The van der Waals surface area contributed by atoms with Crippen molar-refractivity contribution >= 4 is 24.8 Å². The van der Waals surface area contributed by atoms with Gasteiger partial charge in [-0.3, -0.25) is 13.6 Å². The normalized spacial score (nSPS) is 27.4. The van der Waals surface area contributed by atoms with Crippen LogP contribution in [0.3, 0.4) is 0 Å². The van der Waals surface area contributed by atoms with Crippen molar-refractivity contribution in [1.29, 1.82) is 0 Å². The van der Waals surface area contributed by atoms with Crippen LogP contribution in [0.15, 0.2) is 12.7 Å². The molecule has 156 valence electrons. The van der Waals surface area contributed by atoms with Crippen LogP contribution in [-0.4, -0.2) is 64.0 Å². The molecule has 1 aliphatic rings. The monoisotopic (exact) mass is 415 g/mol. The van der Waals surface area contributed by atoms with E-state index in [0.717, 1.165) is 7.11 Å². The molecule has 3 rings (SSSR count). The molecule has 2 aromatic heterocycles. The zero-order valence-electron chi connectivity index (χ0n) is 16.5. The van der Waals surface area contributed by atoms with E-state index in [1.54, 1.807) is 17.9 Å². The van der Waals surface area contributed by atoms with E-state index in [1.165, 1.54) is 13.4 Å². The maximum atomic E-state index is 12.1. The van der Waals surface area contributed by atoms with Crippen LogP contribution in [0.1, 0.15) is 26.5 Å². The molecular formula is C16H26N5O6P. The number of aromatic nitrogens is 4. The first kappa shape index (κ1) is 21.1. The highest BCUT2D eigenvalue weighted by molar-refractivity contribution is 7.47. The summed E-state index contributed by atoms with van der Waals surface area (Å²) >= 11 is 0. The van der Waals surface area contributed by atoms with Crippen molar-refractivity contribution in [3.05, 3.63) is 12.7 Å². The second-order valence-electron chi connectivity index (χ2n) is 6.91. The molecule has 5 atom stereocenters. The van der Waals surface area contributed by atoms with E-state index in [-0.39, 0.29) is 5.92 Å². The smallest absolute Gasteiger partial charge is 0.374 e. The molecule has 1 fully saturated rings. The molecule has 0 aromatic carbocycles.